The van der Waals surface area contributed by atoms with Crippen LogP contribution in [-0.2, 0) is 0 Å². The molecule has 2 rings (SSSR count). The lowest BCUT2D eigenvalue weighted by Crippen LogP contribution is -2.16. The molecule has 0 saturated heterocycles. The van der Waals surface area contributed by atoms with Gasteiger partial charge in [0.25, 0.3) is 0 Å². The molecule has 0 aliphatic rings. The fourth-order valence-corrected chi connectivity index (χ4v) is 2.36. The Kier molecular flexibility index (Phi) is 3.49. The first-order valence-corrected chi connectivity index (χ1v) is 6.29. The molecule has 17 heavy (non-hydrogen) atoms. The van der Waals surface area contributed by atoms with Crippen molar-refractivity contribution >= 4 is 11.3 Å². The van der Waals surface area contributed by atoms with E-state index in [4.69, 9.17) is 5.73 Å². The van der Waals surface area contributed by atoms with Crippen LogP contribution in [0.25, 0.3) is 11.4 Å². The molecule has 5 heteroatoms. The van der Waals surface area contributed by atoms with Crippen molar-refractivity contribution in [3.05, 3.63) is 34.5 Å². The monoisotopic (exact) mass is 251 g/mol. The van der Waals surface area contributed by atoms with E-state index in [0.717, 1.165) is 10.7 Å². The van der Waals surface area contributed by atoms with Crippen LogP contribution in [0.5, 0.6) is 0 Å². The Labute approximate surface area is 104 Å². The summed E-state index contributed by atoms with van der Waals surface area (Å²) >= 11 is 1.52. The van der Waals surface area contributed by atoms with E-state index in [1.807, 2.05) is 5.38 Å². The molecule has 2 N–H and O–H groups in total. The van der Waals surface area contributed by atoms with Crippen LogP contribution in [0, 0.1) is 11.7 Å². The number of thiazole rings is 1. The first-order chi connectivity index (χ1) is 8.08. The minimum atomic E-state index is -0.344. The van der Waals surface area contributed by atoms with Crippen LogP contribution in [0.1, 0.15) is 24.9 Å². The molecule has 0 aliphatic carbocycles. The molecule has 0 bridgehead atoms. The van der Waals surface area contributed by atoms with Crippen LogP contribution in [-0.4, -0.2) is 9.97 Å². The lowest BCUT2D eigenvalue weighted by Gasteiger charge is -2.11. The Hall–Kier alpha value is -1.33. The Morgan fingerprint density at radius 3 is 2.65 bits per heavy atom. The highest BCUT2D eigenvalue weighted by Gasteiger charge is 2.15. The number of pyridine rings is 1. The number of rotatable bonds is 3. The van der Waals surface area contributed by atoms with E-state index >= 15 is 0 Å². The van der Waals surface area contributed by atoms with Gasteiger partial charge in [0, 0.05) is 5.38 Å². The standard InChI is InChI=1S/C12H14FN3S/c1-7(2)11(14)12-16-10(6-17-12)9-4-3-8(13)5-15-9/h3-7,11H,14H2,1-2H3. The van der Waals surface area contributed by atoms with Crippen molar-refractivity contribution in [2.75, 3.05) is 0 Å². The number of hydrogen-bond donors (Lipinski definition) is 1. The van der Waals surface area contributed by atoms with Crippen LogP contribution in [0.2, 0.25) is 0 Å². The first kappa shape index (κ1) is 12.1. The Bertz CT molecular complexity index is 493. The number of nitrogens with two attached hydrogens (primary N) is 1. The largest absolute Gasteiger partial charge is 0.322 e. The highest BCUT2D eigenvalue weighted by molar-refractivity contribution is 7.10. The molecule has 0 saturated carbocycles. The summed E-state index contributed by atoms with van der Waals surface area (Å²) < 4.78 is 12.7. The molecule has 0 fully saturated rings. The fourth-order valence-electron chi connectivity index (χ4n) is 1.37. The van der Waals surface area contributed by atoms with E-state index in [2.05, 4.69) is 23.8 Å². The molecule has 2 aromatic heterocycles. The van der Waals surface area contributed by atoms with Gasteiger partial charge >= 0.3 is 0 Å². The topological polar surface area (TPSA) is 51.8 Å². The van der Waals surface area contributed by atoms with Crippen molar-refractivity contribution in [1.29, 1.82) is 0 Å². The maximum absolute atomic E-state index is 12.7. The summed E-state index contributed by atoms with van der Waals surface area (Å²) in [7, 11) is 0. The Balaban J connectivity index is 2.26. The van der Waals surface area contributed by atoms with Crippen molar-refractivity contribution in [2.45, 2.75) is 19.9 Å². The lowest BCUT2D eigenvalue weighted by atomic mass is 10.1. The van der Waals surface area contributed by atoms with E-state index in [1.165, 1.54) is 23.6 Å². The zero-order valence-electron chi connectivity index (χ0n) is 9.72. The van der Waals surface area contributed by atoms with Gasteiger partial charge in [-0.2, -0.15) is 0 Å². The molecular formula is C12H14FN3S. The smallest absolute Gasteiger partial charge is 0.141 e. The summed E-state index contributed by atoms with van der Waals surface area (Å²) in [6.07, 6.45) is 1.19. The number of nitrogens with zero attached hydrogens (tertiary/aromatic N) is 2. The lowest BCUT2D eigenvalue weighted by molar-refractivity contribution is 0.512. The molecule has 2 heterocycles. The van der Waals surface area contributed by atoms with Crippen LogP contribution < -0.4 is 5.73 Å². The zero-order valence-corrected chi connectivity index (χ0v) is 10.5. The third-order valence-electron chi connectivity index (χ3n) is 2.52. The third-order valence-corrected chi connectivity index (χ3v) is 3.46. The quantitative estimate of drug-likeness (QED) is 0.912. The highest BCUT2D eigenvalue weighted by atomic mass is 32.1. The summed E-state index contributed by atoms with van der Waals surface area (Å²) in [6.45, 7) is 4.11. The highest BCUT2D eigenvalue weighted by Crippen LogP contribution is 2.26. The summed E-state index contributed by atoms with van der Waals surface area (Å²) in [6, 6.07) is 2.94. The molecule has 3 nitrogen and oxygen atoms in total. The molecule has 2 aromatic rings. The Morgan fingerprint density at radius 1 is 1.29 bits per heavy atom. The predicted octanol–water partition coefficient (Wildman–Crippen LogP) is 3.00. The molecule has 0 amide bonds. The second-order valence-corrected chi connectivity index (χ2v) is 5.09. The van der Waals surface area contributed by atoms with Gasteiger partial charge in [0.2, 0.25) is 0 Å². The molecule has 1 atom stereocenters. The van der Waals surface area contributed by atoms with Gasteiger partial charge in [-0.15, -0.1) is 11.3 Å². The van der Waals surface area contributed by atoms with Crippen molar-refractivity contribution in [1.82, 2.24) is 9.97 Å². The van der Waals surface area contributed by atoms with Gasteiger partial charge in [-0.1, -0.05) is 13.8 Å². The van der Waals surface area contributed by atoms with Crippen LogP contribution in [0.3, 0.4) is 0 Å². The van der Waals surface area contributed by atoms with Crippen molar-refractivity contribution < 1.29 is 4.39 Å². The Morgan fingerprint density at radius 2 is 2.06 bits per heavy atom. The van der Waals surface area contributed by atoms with Gasteiger partial charge in [0.05, 0.1) is 23.6 Å². The SMILES string of the molecule is CC(C)C(N)c1nc(-c2ccc(F)cn2)cs1. The van der Waals surface area contributed by atoms with Crippen molar-refractivity contribution in [2.24, 2.45) is 11.7 Å². The molecule has 1 unspecified atom stereocenters. The molecular weight excluding hydrogens is 237 g/mol. The first-order valence-electron chi connectivity index (χ1n) is 5.41. The van der Waals surface area contributed by atoms with E-state index in [0.29, 0.717) is 11.6 Å². The van der Waals surface area contributed by atoms with Crippen LogP contribution in [0.4, 0.5) is 4.39 Å². The minimum Gasteiger partial charge on any atom is -0.322 e. The van der Waals surface area contributed by atoms with Crippen LogP contribution in [0.15, 0.2) is 23.7 Å². The van der Waals surface area contributed by atoms with Gasteiger partial charge in [-0.05, 0) is 18.1 Å². The number of hydrogen-bond acceptors (Lipinski definition) is 4. The molecule has 0 spiro atoms. The molecule has 90 valence electrons. The van der Waals surface area contributed by atoms with E-state index in [1.54, 1.807) is 6.07 Å². The van der Waals surface area contributed by atoms with Crippen molar-refractivity contribution in [3.63, 3.8) is 0 Å². The maximum atomic E-state index is 12.7. The van der Waals surface area contributed by atoms with Crippen molar-refractivity contribution in [3.8, 4) is 11.4 Å². The van der Waals surface area contributed by atoms with Gasteiger partial charge in [-0.3, -0.25) is 4.98 Å². The predicted molar refractivity (Wildman–Crippen MR) is 67.1 cm³/mol. The average Bonchev–Trinajstić information content (AvgIpc) is 2.78. The van der Waals surface area contributed by atoms with Gasteiger partial charge in [0.1, 0.15) is 10.8 Å². The third kappa shape index (κ3) is 2.68. The maximum Gasteiger partial charge on any atom is 0.141 e. The van der Waals surface area contributed by atoms with E-state index < -0.39 is 0 Å². The van der Waals surface area contributed by atoms with Gasteiger partial charge in [0.15, 0.2) is 0 Å². The summed E-state index contributed by atoms with van der Waals surface area (Å²) in [5.41, 5.74) is 7.44. The number of halogens is 1. The summed E-state index contributed by atoms with van der Waals surface area (Å²) in [4.78, 5) is 8.43. The molecule has 0 aliphatic heterocycles. The van der Waals surface area contributed by atoms with E-state index in [9.17, 15) is 4.39 Å². The fraction of sp³-hybridized carbons (Fsp3) is 0.333. The van der Waals surface area contributed by atoms with Gasteiger partial charge in [-0.25, -0.2) is 9.37 Å². The molecule has 0 radical (unpaired) electrons. The van der Waals surface area contributed by atoms with Gasteiger partial charge < -0.3 is 5.73 Å². The normalized spacial score (nSPS) is 13.0. The average molecular weight is 251 g/mol. The molecule has 0 aromatic carbocycles. The number of aromatic nitrogens is 2. The zero-order chi connectivity index (χ0) is 12.4. The summed E-state index contributed by atoms with van der Waals surface area (Å²) in [5.74, 6) is -0.00161. The van der Waals surface area contributed by atoms with Crippen LogP contribution >= 0.6 is 11.3 Å². The second kappa shape index (κ2) is 4.89. The summed E-state index contributed by atoms with van der Waals surface area (Å²) in [5, 5.41) is 2.79. The minimum absolute atomic E-state index is 0.0609. The second-order valence-electron chi connectivity index (χ2n) is 4.20. The van der Waals surface area contributed by atoms with E-state index in [-0.39, 0.29) is 11.9 Å².